The highest BCUT2D eigenvalue weighted by molar-refractivity contribution is 5.94. The van der Waals surface area contributed by atoms with Gasteiger partial charge in [-0.1, -0.05) is 17.7 Å². The second-order valence-electron chi connectivity index (χ2n) is 5.70. The maximum atomic E-state index is 11.4. The van der Waals surface area contributed by atoms with Crippen LogP contribution >= 0.6 is 0 Å². The molecule has 0 saturated heterocycles. The van der Waals surface area contributed by atoms with E-state index in [2.05, 4.69) is 32.9 Å². The number of hydrogen-bond donors (Lipinski definition) is 0. The summed E-state index contributed by atoms with van der Waals surface area (Å²) in [5, 5.41) is 0. The summed E-state index contributed by atoms with van der Waals surface area (Å²) < 4.78 is 5.95. The number of carbonyl (C=O) groups is 1. The maximum absolute atomic E-state index is 11.4. The van der Waals surface area contributed by atoms with E-state index in [1.807, 2.05) is 25.1 Å². The molecule has 21 heavy (non-hydrogen) atoms. The number of Topliss-reactive ketones (excluding diaryl/α,β-unsaturated/α-hetero) is 1. The van der Waals surface area contributed by atoms with Gasteiger partial charge in [-0.15, -0.1) is 0 Å². The van der Waals surface area contributed by atoms with Crippen molar-refractivity contribution in [1.82, 2.24) is 0 Å². The fourth-order valence-corrected chi connectivity index (χ4v) is 2.62. The first-order chi connectivity index (χ1) is 9.88. The molecule has 0 N–H and O–H groups in total. The maximum Gasteiger partial charge on any atom is 0.159 e. The topological polar surface area (TPSA) is 26.3 Å². The zero-order chi connectivity index (χ0) is 15.6. The van der Waals surface area contributed by atoms with Crippen molar-refractivity contribution < 1.29 is 9.53 Å². The SMILES string of the molecule is CC(=O)c1ccc(OCc2c(C)cc(C)cc2C)c(C)c1. The Bertz CT molecular complexity index is 661. The molecular weight excluding hydrogens is 260 g/mol. The highest BCUT2D eigenvalue weighted by atomic mass is 16.5. The van der Waals surface area contributed by atoms with Crippen LogP contribution in [0.3, 0.4) is 0 Å². The third kappa shape index (κ3) is 3.52. The summed E-state index contributed by atoms with van der Waals surface area (Å²) in [5.41, 5.74) is 6.73. The molecule has 0 heterocycles. The van der Waals surface area contributed by atoms with E-state index in [1.54, 1.807) is 6.92 Å². The molecule has 0 aromatic heterocycles. The lowest BCUT2D eigenvalue weighted by molar-refractivity contribution is 0.101. The molecule has 2 aromatic rings. The first-order valence-electron chi connectivity index (χ1n) is 7.19. The van der Waals surface area contributed by atoms with Crippen molar-refractivity contribution in [2.75, 3.05) is 0 Å². The first kappa shape index (κ1) is 15.3. The number of hydrogen-bond acceptors (Lipinski definition) is 2. The number of aryl methyl sites for hydroxylation is 4. The van der Waals surface area contributed by atoms with E-state index in [1.165, 1.54) is 22.3 Å². The Balaban J connectivity index is 2.19. The largest absolute Gasteiger partial charge is 0.489 e. The number of carbonyl (C=O) groups excluding carboxylic acids is 1. The van der Waals surface area contributed by atoms with Crippen molar-refractivity contribution in [3.05, 3.63) is 63.7 Å². The zero-order valence-corrected chi connectivity index (χ0v) is 13.4. The van der Waals surface area contributed by atoms with Gasteiger partial charge < -0.3 is 4.74 Å². The zero-order valence-electron chi connectivity index (χ0n) is 13.4. The minimum Gasteiger partial charge on any atom is -0.489 e. The van der Waals surface area contributed by atoms with Gasteiger partial charge in [0, 0.05) is 5.56 Å². The van der Waals surface area contributed by atoms with Gasteiger partial charge in [0.05, 0.1) is 0 Å². The van der Waals surface area contributed by atoms with Crippen molar-refractivity contribution >= 4 is 5.78 Å². The lowest BCUT2D eigenvalue weighted by Gasteiger charge is -2.14. The Hall–Kier alpha value is -2.09. The summed E-state index contributed by atoms with van der Waals surface area (Å²) in [6, 6.07) is 9.94. The Morgan fingerprint density at radius 2 is 1.57 bits per heavy atom. The Kier molecular flexibility index (Phi) is 4.46. The number of ether oxygens (including phenoxy) is 1. The number of ketones is 1. The molecule has 0 aliphatic rings. The number of rotatable bonds is 4. The van der Waals surface area contributed by atoms with Gasteiger partial charge in [-0.25, -0.2) is 0 Å². The molecule has 0 radical (unpaired) electrons. The molecule has 2 aromatic carbocycles. The van der Waals surface area contributed by atoms with Gasteiger partial charge in [0.2, 0.25) is 0 Å². The monoisotopic (exact) mass is 282 g/mol. The third-order valence-corrected chi connectivity index (χ3v) is 3.79. The first-order valence-corrected chi connectivity index (χ1v) is 7.19. The molecule has 2 heteroatoms. The molecule has 0 amide bonds. The van der Waals surface area contributed by atoms with Crippen LogP contribution in [0.5, 0.6) is 5.75 Å². The van der Waals surface area contributed by atoms with Crippen LogP contribution < -0.4 is 4.74 Å². The quantitative estimate of drug-likeness (QED) is 0.760. The smallest absolute Gasteiger partial charge is 0.159 e. The Morgan fingerprint density at radius 3 is 2.10 bits per heavy atom. The Morgan fingerprint density at radius 1 is 0.952 bits per heavy atom. The van der Waals surface area contributed by atoms with E-state index in [0.717, 1.165) is 16.9 Å². The lowest BCUT2D eigenvalue weighted by Crippen LogP contribution is -2.03. The van der Waals surface area contributed by atoms with Crippen molar-refractivity contribution in [2.45, 2.75) is 41.2 Å². The number of benzene rings is 2. The lowest BCUT2D eigenvalue weighted by atomic mass is 10.0. The molecule has 0 fully saturated rings. The van der Waals surface area contributed by atoms with Crippen LogP contribution in [0.25, 0.3) is 0 Å². The molecular formula is C19H22O2. The van der Waals surface area contributed by atoms with Crippen LogP contribution in [0.4, 0.5) is 0 Å². The molecule has 2 nitrogen and oxygen atoms in total. The highest BCUT2D eigenvalue weighted by Gasteiger charge is 2.08. The summed E-state index contributed by atoms with van der Waals surface area (Å²) in [5.74, 6) is 0.911. The minimum atomic E-state index is 0.0786. The van der Waals surface area contributed by atoms with Crippen molar-refractivity contribution in [3.8, 4) is 5.75 Å². The minimum absolute atomic E-state index is 0.0786. The summed E-state index contributed by atoms with van der Waals surface area (Å²) in [6.07, 6.45) is 0. The molecule has 0 aliphatic carbocycles. The molecule has 2 rings (SSSR count). The van der Waals surface area contributed by atoms with Crippen molar-refractivity contribution in [2.24, 2.45) is 0 Å². The van der Waals surface area contributed by atoms with Crippen LogP contribution in [0.2, 0.25) is 0 Å². The van der Waals surface area contributed by atoms with Crippen molar-refractivity contribution in [1.29, 1.82) is 0 Å². The van der Waals surface area contributed by atoms with Crippen LogP contribution in [-0.2, 0) is 6.61 Å². The standard InChI is InChI=1S/C19H22O2/c1-12-8-13(2)18(14(3)9-12)11-21-19-7-6-17(16(5)20)10-15(19)4/h6-10H,11H2,1-5H3. The summed E-state index contributed by atoms with van der Waals surface area (Å²) in [4.78, 5) is 11.4. The summed E-state index contributed by atoms with van der Waals surface area (Å²) in [6.45, 7) is 10.4. The van der Waals surface area contributed by atoms with E-state index >= 15 is 0 Å². The molecule has 0 aliphatic heterocycles. The molecule has 0 spiro atoms. The van der Waals surface area contributed by atoms with E-state index in [0.29, 0.717) is 6.61 Å². The average molecular weight is 282 g/mol. The Labute approximate surface area is 126 Å². The normalized spacial score (nSPS) is 10.5. The van der Waals surface area contributed by atoms with Gasteiger partial charge >= 0.3 is 0 Å². The van der Waals surface area contributed by atoms with Gasteiger partial charge in [0.1, 0.15) is 12.4 Å². The molecule has 110 valence electrons. The third-order valence-electron chi connectivity index (χ3n) is 3.79. The van der Waals surface area contributed by atoms with E-state index in [-0.39, 0.29) is 5.78 Å². The second kappa shape index (κ2) is 6.13. The van der Waals surface area contributed by atoms with Gasteiger partial charge in [-0.05, 0) is 75.1 Å². The van der Waals surface area contributed by atoms with E-state index in [4.69, 9.17) is 4.74 Å². The van der Waals surface area contributed by atoms with Gasteiger partial charge in [0.15, 0.2) is 5.78 Å². The van der Waals surface area contributed by atoms with E-state index in [9.17, 15) is 4.79 Å². The van der Waals surface area contributed by atoms with Crippen LogP contribution in [0.1, 0.15) is 45.1 Å². The molecule has 0 saturated carbocycles. The predicted octanol–water partition coefficient (Wildman–Crippen LogP) is 4.70. The van der Waals surface area contributed by atoms with E-state index < -0.39 is 0 Å². The summed E-state index contributed by atoms with van der Waals surface area (Å²) in [7, 11) is 0. The van der Waals surface area contributed by atoms with Crippen LogP contribution in [0, 0.1) is 27.7 Å². The average Bonchev–Trinajstić information content (AvgIpc) is 2.38. The molecule has 0 bridgehead atoms. The highest BCUT2D eigenvalue weighted by Crippen LogP contribution is 2.23. The van der Waals surface area contributed by atoms with Gasteiger partial charge in [-0.3, -0.25) is 4.79 Å². The van der Waals surface area contributed by atoms with Gasteiger partial charge in [-0.2, -0.15) is 0 Å². The predicted molar refractivity (Wildman–Crippen MR) is 86.2 cm³/mol. The second-order valence-corrected chi connectivity index (χ2v) is 5.70. The van der Waals surface area contributed by atoms with Crippen LogP contribution in [0.15, 0.2) is 30.3 Å². The molecule has 0 unspecified atom stereocenters. The van der Waals surface area contributed by atoms with Gasteiger partial charge in [0.25, 0.3) is 0 Å². The van der Waals surface area contributed by atoms with Crippen molar-refractivity contribution in [3.63, 3.8) is 0 Å². The fourth-order valence-electron chi connectivity index (χ4n) is 2.62. The molecule has 0 atom stereocenters. The fraction of sp³-hybridized carbons (Fsp3) is 0.316. The van der Waals surface area contributed by atoms with Crippen LogP contribution in [-0.4, -0.2) is 5.78 Å². The summed E-state index contributed by atoms with van der Waals surface area (Å²) >= 11 is 0.